The first-order valence-electron chi connectivity index (χ1n) is 9.94. The molecule has 0 unspecified atom stereocenters. The molecule has 0 aliphatic carbocycles. The van der Waals surface area contributed by atoms with Crippen LogP contribution in [0.15, 0.2) is 36.5 Å². The van der Waals surface area contributed by atoms with Gasteiger partial charge in [0, 0.05) is 49.9 Å². The maximum atomic E-state index is 12.4. The summed E-state index contributed by atoms with van der Waals surface area (Å²) in [4.78, 5) is 26.6. The SMILES string of the molecule is CCn1ncc(CNC(=O)N2CCC(C(=O)NCc3ccccc3)CC2)c1C. The first kappa shape index (κ1) is 19.9. The monoisotopic (exact) mass is 383 g/mol. The first-order valence-corrected chi connectivity index (χ1v) is 9.94. The Balaban J connectivity index is 1.41. The molecule has 1 aromatic carbocycles. The number of carbonyl (C=O) groups excluding carboxylic acids is 2. The zero-order valence-corrected chi connectivity index (χ0v) is 16.6. The number of urea groups is 1. The van der Waals surface area contributed by atoms with Gasteiger partial charge in [-0.15, -0.1) is 0 Å². The average molecular weight is 383 g/mol. The van der Waals surface area contributed by atoms with Crippen LogP contribution in [0.5, 0.6) is 0 Å². The number of benzene rings is 1. The molecule has 3 rings (SSSR count). The number of rotatable bonds is 6. The van der Waals surface area contributed by atoms with Crippen LogP contribution in [0.25, 0.3) is 0 Å². The number of amides is 3. The Labute approximate surface area is 166 Å². The summed E-state index contributed by atoms with van der Waals surface area (Å²) in [6.45, 7) is 7.10. The second-order valence-corrected chi connectivity index (χ2v) is 7.19. The summed E-state index contributed by atoms with van der Waals surface area (Å²) in [5.74, 6) is 0.0457. The van der Waals surface area contributed by atoms with E-state index in [1.807, 2.05) is 55.1 Å². The second-order valence-electron chi connectivity index (χ2n) is 7.19. The number of nitrogens with zero attached hydrogens (tertiary/aromatic N) is 3. The normalized spacial score (nSPS) is 14.7. The minimum atomic E-state index is -0.0770. The van der Waals surface area contributed by atoms with Crippen molar-refractivity contribution in [1.29, 1.82) is 0 Å². The fourth-order valence-electron chi connectivity index (χ4n) is 3.53. The molecule has 3 amide bonds. The number of likely N-dealkylation sites (tertiary alicyclic amines) is 1. The number of hydrogen-bond acceptors (Lipinski definition) is 3. The Morgan fingerprint density at radius 2 is 1.82 bits per heavy atom. The minimum Gasteiger partial charge on any atom is -0.352 e. The van der Waals surface area contributed by atoms with Gasteiger partial charge in [-0.1, -0.05) is 30.3 Å². The molecule has 1 aromatic heterocycles. The topological polar surface area (TPSA) is 79.3 Å². The van der Waals surface area contributed by atoms with Crippen molar-refractivity contribution < 1.29 is 9.59 Å². The lowest BCUT2D eigenvalue weighted by atomic mass is 9.96. The molecule has 1 saturated heterocycles. The quantitative estimate of drug-likeness (QED) is 0.804. The van der Waals surface area contributed by atoms with E-state index < -0.39 is 0 Å². The molecule has 0 atom stereocenters. The first-order chi connectivity index (χ1) is 13.6. The third kappa shape index (κ3) is 4.91. The van der Waals surface area contributed by atoms with Crippen LogP contribution >= 0.6 is 0 Å². The number of nitrogens with one attached hydrogen (secondary N) is 2. The fourth-order valence-corrected chi connectivity index (χ4v) is 3.53. The Kier molecular flexibility index (Phi) is 6.68. The van der Waals surface area contributed by atoms with E-state index in [1.54, 1.807) is 4.90 Å². The van der Waals surface area contributed by atoms with E-state index in [1.165, 1.54) is 0 Å². The Hall–Kier alpha value is -2.83. The number of piperidine rings is 1. The molecule has 2 heterocycles. The largest absolute Gasteiger partial charge is 0.352 e. The van der Waals surface area contributed by atoms with Crippen molar-refractivity contribution in [3.8, 4) is 0 Å². The van der Waals surface area contributed by atoms with E-state index in [-0.39, 0.29) is 17.9 Å². The van der Waals surface area contributed by atoms with Gasteiger partial charge in [0.05, 0.1) is 6.20 Å². The van der Waals surface area contributed by atoms with Crippen molar-refractivity contribution in [3.63, 3.8) is 0 Å². The van der Waals surface area contributed by atoms with Gasteiger partial charge in [-0.05, 0) is 32.3 Å². The summed E-state index contributed by atoms with van der Waals surface area (Å²) in [6, 6.07) is 9.81. The minimum absolute atomic E-state index is 0.0298. The summed E-state index contributed by atoms with van der Waals surface area (Å²) in [5.41, 5.74) is 3.20. The zero-order valence-electron chi connectivity index (χ0n) is 16.6. The van der Waals surface area contributed by atoms with Crippen LogP contribution in [0, 0.1) is 12.8 Å². The fraction of sp³-hybridized carbons (Fsp3) is 0.476. The van der Waals surface area contributed by atoms with Crippen molar-refractivity contribution in [1.82, 2.24) is 25.3 Å². The van der Waals surface area contributed by atoms with Gasteiger partial charge in [0.1, 0.15) is 0 Å². The molecule has 0 spiro atoms. The molecule has 1 aliphatic heterocycles. The van der Waals surface area contributed by atoms with Gasteiger partial charge < -0.3 is 15.5 Å². The van der Waals surface area contributed by atoms with E-state index in [2.05, 4.69) is 15.7 Å². The number of carbonyl (C=O) groups is 2. The van der Waals surface area contributed by atoms with Crippen LogP contribution in [0.4, 0.5) is 4.79 Å². The number of aryl methyl sites for hydroxylation is 1. The Morgan fingerprint density at radius 1 is 1.11 bits per heavy atom. The lowest BCUT2D eigenvalue weighted by Gasteiger charge is -2.31. The highest BCUT2D eigenvalue weighted by atomic mass is 16.2. The van der Waals surface area contributed by atoms with E-state index >= 15 is 0 Å². The number of hydrogen-bond donors (Lipinski definition) is 2. The van der Waals surface area contributed by atoms with Crippen LogP contribution in [-0.2, 0) is 24.4 Å². The summed E-state index contributed by atoms with van der Waals surface area (Å²) in [7, 11) is 0. The van der Waals surface area contributed by atoms with Crippen molar-refractivity contribution in [2.45, 2.75) is 46.3 Å². The highest BCUT2D eigenvalue weighted by Crippen LogP contribution is 2.18. The van der Waals surface area contributed by atoms with E-state index in [0.29, 0.717) is 39.0 Å². The molecular weight excluding hydrogens is 354 g/mol. The Bertz CT molecular complexity index is 794. The van der Waals surface area contributed by atoms with Crippen molar-refractivity contribution in [3.05, 3.63) is 53.3 Å². The van der Waals surface area contributed by atoms with Crippen molar-refractivity contribution >= 4 is 11.9 Å². The third-order valence-electron chi connectivity index (χ3n) is 5.40. The third-order valence-corrected chi connectivity index (χ3v) is 5.40. The summed E-state index contributed by atoms with van der Waals surface area (Å²) in [6.07, 6.45) is 3.20. The summed E-state index contributed by atoms with van der Waals surface area (Å²) < 4.78 is 1.92. The van der Waals surface area contributed by atoms with Crippen LogP contribution in [-0.4, -0.2) is 39.7 Å². The second kappa shape index (κ2) is 9.39. The predicted octanol–water partition coefficient (Wildman–Crippen LogP) is 2.45. The van der Waals surface area contributed by atoms with Gasteiger partial charge in [0.15, 0.2) is 0 Å². The molecule has 7 nitrogen and oxygen atoms in total. The number of aromatic nitrogens is 2. The lowest BCUT2D eigenvalue weighted by molar-refractivity contribution is -0.126. The summed E-state index contributed by atoms with van der Waals surface area (Å²) in [5, 5.41) is 10.3. The van der Waals surface area contributed by atoms with E-state index in [9.17, 15) is 9.59 Å². The van der Waals surface area contributed by atoms with Gasteiger partial charge in [-0.2, -0.15) is 5.10 Å². The van der Waals surface area contributed by atoms with Gasteiger partial charge in [-0.3, -0.25) is 9.48 Å². The molecule has 1 fully saturated rings. The molecule has 0 radical (unpaired) electrons. The van der Waals surface area contributed by atoms with E-state index in [4.69, 9.17) is 0 Å². The molecule has 2 N–H and O–H groups in total. The van der Waals surface area contributed by atoms with Gasteiger partial charge in [0.25, 0.3) is 0 Å². The highest BCUT2D eigenvalue weighted by molar-refractivity contribution is 5.79. The molecule has 28 heavy (non-hydrogen) atoms. The lowest BCUT2D eigenvalue weighted by Crippen LogP contribution is -2.46. The molecule has 0 saturated carbocycles. The average Bonchev–Trinajstić information content (AvgIpc) is 3.10. The van der Waals surface area contributed by atoms with Crippen molar-refractivity contribution in [2.24, 2.45) is 5.92 Å². The van der Waals surface area contributed by atoms with Gasteiger partial charge >= 0.3 is 6.03 Å². The standard InChI is InChI=1S/C21H29N5O2/c1-3-26-16(2)19(15-24-26)14-23-21(28)25-11-9-18(10-12-25)20(27)22-13-17-7-5-4-6-8-17/h4-8,15,18H,3,9-14H2,1-2H3,(H,22,27)(H,23,28). The molecule has 1 aliphatic rings. The highest BCUT2D eigenvalue weighted by Gasteiger charge is 2.27. The zero-order chi connectivity index (χ0) is 19.9. The maximum Gasteiger partial charge on any atom is 0.317 e. The van der Waals surface area contributed by atoms with Crippen LogP contribution in [0.1, 0.15) is 36.6 Å². The predicted molar refractivity (Wildman–Crippen MR) is 107 cm³/mol. The summed E-state index contributed by atoms with van der Waals surface area (Å²) >= 11 is 0. The molecular formula is C21H29N5O2. The van der Waals surface area contributed by atoms with Crippen molar-refractivity contribution in [2.75, 3.05) is 13.1 Å². The molecule has 2 aromatic rings. The molecule has 150 valence electrons. The molecule has 0 bridgehead atoms. The van der Waals surface area contributed by atoms with Gasteiger partial charge in [-0.25, -0.2) is 4.79 Å². The van der Waals surface area contributed by atoms with Crippen LogP contribution in [0.3, 0.4) is 0 Å². The maximum absolute atomic E-state index is 12.4. The smallest absolute Gasteiger partial charge is 0.317 e. The van der Waals surface area contributed by atoms with E-state index in [0.717, 1.165) is 23.4 Å². The van der Waals surface area contributed by atoms with Crippen LogP contribution in [0.2, 0.25) is 0 Å². The van der Waals surface area contributed by atoms with Gasteiger partial charge in [0.2, 0.25) is 5.91 Å². The molecule has 7 heteroatoms. The van der Waals surface area contributed by atoms with Crippen LogP contribution < -0.4 is 10.6 Å². The Morgan fingerprint density at radius 3 is 2.46 bits per heavy atom.